The molecule has 0 bridgehead atoms. The van der Waals surface area contributed by atoms with Crippen molar-refractivity contribution < 1.29 is 14.6 Å². The Balaban J connectivity index is 1.93. The Hall–Kier alpha value is -0.590. The molecule has 104 valence electrons. The molecule has 2 rings (SSSR count). The molecule has 1 aromatic carbocycles. The van der Waals surface area contributed by atoms with Gasteiger partial charge in [0.1, 0.15) is 5.75 Å². The topological polar surface area (TPSA) is 49.8 Å². The second-order valence-corrected chi connectivity index (χ2v) is 6.20. The molecule has 1 saturated heterocycles. The second kappa shape index (κ2) is 6.72. The van der Waals surface area contributed by atoms with Crippen molar-refractivity contribution in [1.82, 2.24) is 4.90 Å². The van der Waals surface area contributed by atoms with Gasteiger partial charge < -0.3 is 14.7 Å². The van der Waals surface area contributed by atoms with Crippen molar-refractivity contribution >= 4 is 37.8 Å². The molecule has 0 radical (unpaired) electrons. The van der Waals surface area contributed by atoms with E-state index in [4.69, 9.17) is 4.74 Å². The molecule has 4 nitrogen and oxygen atoms in total. The van der Waals surface area contributed by atoms with Gasteiger partial charge in [-0.05, 0) is 47.0 Å². The fourth-order valence-electron chi connectivity index (χ4n) is 2.17. The van der Waals surface area contributed by atoms with Crippen LogP contribution in [0.1, 0.15) is 12.8 Å². The first-order valence-electron chi connectivity index (χ1n) is 6.10. The van der Waals surface area contributed by atoms with E-state index in [1.165, 1.54) is 0 Å². The molecule has 19 heavy (non-hydrogen) atoms. The molecular formula is C13H15Br2NO3. The Bertz CT molecular complexity index is 467. The van der Waals surface area contributed by atoms with Gasteiger partial charge in [0.15, 0.2) is 6.61 Å². The summed E-state index contributed by atoms with van der Waals surface area (Å²) in [5, 5.41) is 9.20. The second-order valence-electron chi connectivity index (χ2n) is 4.43. The van der Waals surface area contributed by atoms with E-state index < -0.39 is 0 Å². The predicted octanol–water partition coefficient (Wildman–Crippen LogP) is 2.57. The number of hydrogen-bond acceptors (Lipinski definition) is 3. The molecule has 0 aromatic heterocycles. The van der Waals surface area contributed by atoms with Gasteiger partial charge in [0.2, 0.25) is 0 Å². The van der Waals surface area contributed by atoms with Gasteiger partial charge in [-0.25, -0.2) is 0 Å². The van der Waals surface area contributed by atoms with Crippen molar-refractivity contribution in [2.75, 3.05) is 19.8 Å². The van der Waals surface area contributed by atoms with Gasteiger partial charge in [-0.1, -0.05) is 15.9 Å². The van der Waals surface area contributed by atoms with Crippen LogP contribution in [0, 0.1) is 0 Å². The fourth-order valence-corrected chi connectivity index (χ4v) is 3.33. The molecule has 0 unspecified atom stereocenters. The average Bonchev–Trinajstić information content (AvgIpc) is 2.85. The number of aliphatic hydroxyl groups is 1. The Morgan fingerprint density at radius 2 is 2.26 bits per heavy atom. The van der Waals surface area contributed by atoms with Crippen LogP contribution in [0.2, 0.25) is 0 Å². The molecule has 1 amide bonds. The van der Waals surface area contributed by atoms with E-state index in [0.717, 1.165) is 21.8 Å². The van der Waals surface area contributed by atoms with Crippen LogP contribution in [0.3, 0.4) is 0 Å². The van der Waals surface area contributed by atoms with Crippen molar-refractivity contribution in [1.29, 1.82) is 0 Å². The Kier molecular flexibility index (Phi) is 5.24. The fraction of sp³-hybridized carbons (Fsp3) is 0.462. The number of ether oxygens (including phenoxy) is 1. The first-order valence-corrected chi connectivity index (χ1v) is 7.68. The average molecular weight is 393 g/mol. The van der Waals surface area contributed by atoms with E-state index in [1.54, 1.807) is 11.0 Å². The summed E-state index contributed by atoms with van der Waals surface area (Å²) in [6, 6.07) is 5.47. The Labute approximate surface area is 129 Å². The largest absolute Gasteiger partial charge is 0.483 e. The van der Waals surface area contributed by atoms with E-state index in [2.05, 4.69) is 31.9 Å². The number of hydrogen-bond donors (Lipinski definition) is 1. The van der Waals surface area contributed by atoms with Crippen LogP contribution in [-0.4, -0.2) is 41.7 Å². The van der Waals surface area contributed by atoms with E-state index >= 15 is 0 Å². The minimum atomic E-state index is -0.0774. The highest BCUT2D eigenvalue weighted by Crippen LogP contribution is 2.28. The summed E-state index contributed by atoms with van der Waals surface area (Å²) in [4.78, 5) is 13.7. The van der Waals surface area contributed by atoms with Crippen LogP contribution in [-0.2, 0) is 4.79 Å². The molecule has 1 aromatic rings. The maximum absolute atomic E-state index is 12.0. The lowest BCUT2D eigenvalue weighted by Crippen LogP contribution is -2.40. The standard InChI is InChI=1S/C13H15Br2NO3/c14-9-3-4-12(11(15)6-9)19-8-13(18)16-5-1-2-10(16)7-17/h3-4,6,10,17H,1-2,5,7-8H2/t10-/m0/s1. The molecule has 1 aliphatic heterocycles. The summed E-state index contributed by atoms with van der Waals surface area (Å²) < 4.78 is 7.26. The number of halogens is 2. The summed E-state index contributed by atoms with van der Waals surface area (Å²) in [5.41, 5.74) is 0. The molecule has 1 N–H and O–H groups in total. The molecule has 0 saturated carbocycles. The molecule has 1 atom stereocenters. The summed E-state index contributed by atoms with van der Waals surface area (Å²) >= 11 is 6.75. The molecule has 1 heterocycles. The van der Waals surface area contributed by atoms with Gasteiger partial charge in [-0.2, -0.15) is 0 Å². The van der Waals surface area contributed by atoms with Crippen molar-refractivity contribution in [3.63, 3.8) is 0 Å². The normalized spacial score (nSPS) is 18.7. The van der Waals surface area contributed by atoms with Gasteiger partial charge in [0, 0.05) is 11.0 Å². The molecule has 0 spiro atoms. The third-order valence-corrected chi connectivity index (χ3v) is 4.27. The van der Waals surface area contributed by atoms with Crippen LogP contribution < -0.4 is 4.74 Å². The summed E-state index contributed by atoms with van der Waals surface area (Å²) in [5.74, 6) is 0.558. The SMILES string of the molecule is O=C(COc1ccc(Br)cc1Br)N1CCC[C@H]1CO. The van der Waals surface area contributed by atoms with Crippen LogP contribution >= 0.6 is 31.9 Å². The number of likely N-dealkylation sites (tertiary alicyclic amines) is 1. The highest BCUT2D eigenvalue weighted by Gasteiger charge is 2.28. The number of rotatable bonds is 4. The number of carbonyl (C=O) groups is 1. The number of nitrogens with zero attached hydrogens (tertiary/aromatic N) is 1. The zero-order chi connectivity index (χ0) is 13.8. The molecular weight excluding hydrogens is 378 g/mol. The van der Waals surface area contributed by atoms with Crippen LogP contribution in [0.5, 0.6) is 5.75 Å². The van der Waals surface area contributed by atoms with E-state index in [0.29, 0.717) is 12.3 Å². The van der Waals surface area contributed by atoms with Crippen molar-refractivity contribution in [2.24, 2.45) is 0 Å². The van der Waals surface area contributed by atoms with Gasteiger partial charge in [0.05, 0.1) is 17.1 Å². The zero-order valence-corrected chi connectivity index (χ0v) is 13.5. The summed E-state index contributed by atoms with van der Waals surface area (Å²) in [6.07, 6.45) is 1.81. The summed E-state index contributed by atoms with van der Waals surface area (Å²) in [6.45, 7) is 0.722. The van der Waals surface area contributed by atoms with E-state index in [-0.39, 0.29) is 25.2 Å². The lowest BCUT2D eigenvalue weighted by molar-refractivity contribution is -0.134. The number of benzene rings is 1. The van der Waals surface area contributed by atoms with E-state index in [1.807, 2.05) is 12.1 Å². The van der Waals surface area contributed by atoms with Gasteiger partial charge in [0.25, 0.3) is 5.91 Å². The lowest BCUT2D eigenvalue weighted by Gasteiger charge is -2.23. The first-order chi connectivity index (χ1) is 9.11. The smallest absolute Gasteiger partial charge is 0.260 e. The highest BCUT2D eigenvalue weighted by atomic mass is 79.9. The minimum Gasteiger partial charge on any atom is -0.483 e. The highest BCUT2D eigenvalue weighted by molar-refractivity contribution is 9.11. The Morgan fingerprint density at radius 3 is 2.95 bits per heavy atom. The lowest BCUT2D eigenvalue weighted by atomic mass is 10.2. The summed E-state index contributed by atoms with van der Waals surface area (Å²) in [7, 11) is 0. The van der Waals surface area contributed by atoms with Gasteiger partial charge in [-0.15, -0.1) is 0 Å². The monoisotopic (exact) mass is 391 g/mol. The molecule has 0 aliphatic carbocycles. The third kappa shape index (κ3) is 3.70. The van der Waals surface area contributed by atoms with Gasteiger partial charge >= 0.3 is 0 Å². The third-order valence-electron chi connectivity index (χ3n) is 3.15. The van der Waals surface area contributed by atoms with E-state index in [9.17, 15) is 9.90 Å². The van der Waals surface area contributed by atoms with Crippen molar-refractivity contribution in [3.05, 3.63) is 27.1 Å². The van der Waals surface area contributed by atoms with Crippen LogP contribution in [0.25, 0.3) is 0 Å². The van der Waals surface area contributed by atoms with Gasteiger partial charge in [-0.3, -0.25) is 4.79 Å². The number of amides is 1. The molecule has 1 fully saturated rings. The zero-order valence-electron chi connectivity index (χ0n) is 10.3. The van der Waals surface area contributed by atoms with Crippen molar-refractivity contribution in [2.45, 2.75) is 18.9 Å². The first kappa shape index (κ1) is 14.8. The Morgan fingerprint density at radius 1 is 1.47 bits per heavy atom. The van der Waals surface area contributed by atoms with Crippen molar-refractivity contribution in [3.8, 4) is 5.75 Å². The number of carbonyl (C=O) groups excluding carboxylic acids is 1. The molecule has 1 aliphatic rings. The molecule has 6 heteroatoms. The van der Waals surface area contributed by atoms with Crippen LogP contribution in [0.15, 0.2) is 27.1 Å². The minimum absolute atomic E-state index is 0.00324. The predicted molar refractivity (Wildman–Crippen MR) is 79.2 cm³/mol. The quantitative estimate of drug-likeness (QED) is 0.856. The van der Waals surface area contributed by atoms with Crippen LogP contribution in [0.4, 0.5) is 0 Å². The maximum atomic E-state index is 12.0. The number of aliphatic hydroxyl groups excluding tert-OH is 1. The maximum Gasteiger partial charge on any atom is 0.260 e.